The molecule has 1 N–H and O–H groups in total. The monoisotopic (exact) mass is 333 g/mol. The van der Waals surface area contributed by atoms with Crippen molar-refractivity contribution in [2.75, 3.05) is 5.32 Å². The molecule has 0 saturated carbocycles. The average molecular weight is 334 g/mol. The predicted molar refractivity (Wildman–Crippen MR) is 69.9 cm³/mol. The van der Waals surface area contributed by atoms with Crippen molar-refractivity contribution in [2.24, 2.45) is 0 Å². The molecule has 1 aromatic carbocycles. The lowest BCUT2D eigenvalue weighted by atomic mass is 10.1. The van der Waals surface area contributed by atoms with Crippen LogP contribution in [0.3, 0.4) is 0 Å². The van der Waals surface area contributed by atoms with E-state index in [-0.39, 0.29) is 6.04 Å². The molecule has 1 atom stereocenters. The number of hydrogen-bond acceptors (Lipinski definition) is 2. The van der Waals surface area contributed by atoms with Crippen LogP contribution in [0.5, 0.6) is 0 Å². The van der Waals surface area contributed by atoms with Gasteiger partial charge < -0.3 is 9.73 Å². The third-order valence-corrected chi connectivity index (χ3v) is 3.04. The maximum atomic E-state index is 12.7. The van der Waals surface area contributed by atoms with Gasteiger partial charge in [0, 0.05) is 10.2 Å². The van der Waals surface area contributed by atoms with Gasteiger partial charge in [0.1, 0.15) is 5.76 Å². The lowest BCUT2D eigenvalue weighted by Gasteiger charge is -2.15. The second-order valence-corrected chi connectivity index (χ2v) is 5.02. The molecule has 0 radical (unpaired) electrons. The van der Waals surface area contributed by atoms with Crippen LogP contribution in [0.25, 0.3) is 0 Å². The van der Waals surface area contributed by atoms with E-state index < -0.39 is 11.7 Å². The van der Waals surface area contributed by atoms with Crippen LogP contribution in [-0.4, -0.2) is 0 Å². The minimum Gasteiger partial charge on any atom is -0.467 e. The molecule has 1 aromatic heterocycles. The fourth-order valence-electron chi connectivity index (χ4n) is 1.70. The maximum Gasteiger partial charge on any atom is 0.416 e. The van der Waals surface area contributed by atoms with Gasteiger partial charge in [0.15, 0.2) is 0 Å². The summed E-state index contributed by atoms with van der Waals surface area (Å²) in [4.78, 5) is 0. The molecule has 1 heterocycles. The van der Waals surface area contributed by atoms with Crippen molar-refractivity contribution in [3.05, 3.63) is 52.4 Å². The highest BCUT2D eigenvalue weighted by Crippen LogP contribution is 2.34. The summed E-state index contributed by atoms with van der Waals surface area (Å²) in [6.45, 7) is 1.81. The molecule has 0 aliphatic rings. The highest BCUT2D eigenvalue weighted by Gasteiger charge is 2.31. The largest absolute Gasteiger partial charge is 0.467 e. The Labute approximate surface area is 116 Å². The van der Waals surface area contributed by atoms with E-state index in [0.29, 0.717) is 15.9 Å². The van der Waals surface area contributed by atoms with Gasteiger partial charge in [-0.3, -0.25) is 0 Å². The summed E-state index contributed by atoms with van der Waals surface area (Å²) in [7, 11) is 0. The fraction of sp³-hybridized carbons (Fsp3) is 0.231. The first-order chi connectivity index (χ1) is 8.86. The Morgan fingerprint density at radius 2 is 2.00 bits per heavy atom. The van der Waals surface area contributed by atoms with E-state index in [1.807, 2.05) is 6.92 Å². The van der Waals surface area contributed by atoms with Crippen molar-refractivity contribution in [2.45, 2.75) is 19.1 Å². The zero-order valence-electron chi connectivity index (χ0n) is 9.96. The van der Waals surface area contributed by atoms with Gasteiger partial charge in [-0.05, 0) is 37.3 Å². The number of furan rings is 1. The first-order valence-electron chi connectivity index (χ1n) is 5.54. The Hall–Kier alpha value is -1.43. The number of benzene rings is 1. The van der Waals surface area contributed by atoms with E-state index in [1.165, 1.54) is 6.26 Å². The molecule has 0 saturated heterocycles. The Kier molecular flexibility index (Phi) is 3.89. The topological polar surface area (TPSA) is 25.2 Å². The van der Waals surface area contributed by atoms with E-state index >= 15 is 0 Å². The van der Waals surface area contributed by atoms with Crippen LogP contribution >= 0.6 is 15.9 Å². The fourth-order valence-corrected chi connectivity index (χ4v) is 2.19. The van der Waals surface area contributed by atoms with Crippen molar-refractivity contribution >= 4 is 21.6 Å². The summed E-state index contributed by atoms with van der Waals surface area (Å²) in [5.74, 6) is 0.661. The molecule has 1 unspecified atom stereocenters. The maximum absolute atomic E-state index is 12.7. The number of hydrogen-bond donors (Lipinski definition) is 1. The van der Waals surface area contributed by atoms with Crippen molar-refractivity contribution in [3.8, 4) is 0 Å². The molecule has 102 valence electrons. The first-order valence-corrected chi connectivity index (χ1v) is 6.33. The summed E-state index contributed by atoms with van der Waals surface area (Å²) >= 11 is 3.08. The third-order valence-electron chi connectivity index (χ3n) is 2.58. The third kappa shape index (κ3) is 3.53. The average Bonchev–Trinajstić information content (AvgIpc) is 2.80. The summed E-state index contributed by atoms with van der Waals surface area (Å²) in [6, 6.07) is 6.99. The van der Waals surface area contributed by atoms with Gasteiger partial charge in [0.05, 0.1) is 17.9 Å². The Morgan fingerprint density at radius 1 is 1.26 bits per heavy atom. The minimum absolute atomic E-state index is 0.217. The second-order valence-electron chi connectivity index (χ2n) is 4.11. The van der Waals surface area contributed by atoms with Crippen LogP contribution in [0, 0.1) is 0 Å². The molecule has 0 spiro atoms. The van der Waals surface area contributed by atoms with Gasteiger partial charge in [-0.25, -0.2) is 0 Å². The number of alkyl halides is 3. The van der Waals surface area contributed by atoms with Crippen LogP contribution in [0.4, 0.5) is 18.9 Å². The molecule has 2 nitrogen and oxygen atoms in total. The van der Waals surface area contributed by atoms with E-state index in [1.54, 1.807) is 18.2 Å². The van der Waals surface area contributed by atoms with Crippen LogP contribution in [0.15, 0.2) is 45.5 Å². The van der Waals surface area contributed by atoms with Crippen LogP contribution < -0.4 is 5.32 Å². The minimum atomic E-state index is -4.37. The Morgan fingerprint density at radius 3 is 2.58 bits per heavy atom. The van der Waals surface area contributed by atoms with Gasteiger partial charge in [-0.2, -0.15) is 13.2 Å². The molecule has 2 aromatic rings. The highest BCUT2D eigenvalue weighted by molar-refractivity contribution is 9.10. The molecule has 6 heteroatoms. The molecular formula is C13H11BrF3NO. The van der Waals surface area contributed by atoms with E-state index in [0.717, 1.165) is 12.1 Å². The van der Waals surface area contributed by atoms with Crippen LogP contribution in [0.2, 0.25) is 0 Å². The quantitative estimate of drug-likeness (QED) is 0.831. The Bertz CT molecular complexity index is 552. The van der Waals surface area contributed by atoms with Crippen molar-refractivity contribution < 1.29 is 17.6 Å². The van der Waals surface area contributed by atoms with Crippen molar-refractivity contribution in [1.82, 2.24) is 0 Å². The molecule has 19 heavy (non-hydrogen) atoms. The normalized spacial score (nSPS) is 13.3. The summed E-state index contributed by atoms with van der Waals surface area (Å²) in [6.07, 6.45) is -2.84. The second kappa shape index (κ2) is 5.28. The molecule has 0 aliphatic carbocycles. The number of halogens is 4. The van der Waals surface area contributed by atoms with Gasteiger partial charge in [0.2, 0.25) is 0 Å². The predicted octanol–water partition coefficient (Wildman–Crippen LogP) is 5.23. The summed E-state index contributed by atoms with van der Waals surface area (Å²) < 4.78 is 43.6. The summed E-state index contributed by atoms with van der Waals surface area (Å²) in [5, 5.41) is 2.97. The van der Waals surface area contributed by atoms with Crippen LogP contribution in [0.1, 0.15) is 24.3 Å². The van der Waals surface area contributed by atoms with Crippen molar-refractivity contribution in [1.29, 1.82) is 0 Å². The molecule has 0 bridgehead atoms. The smallest absolute Gasteiger partial charge is 0.416 e. The Balaban J connectivity index is 2.23. The molecule has 2 rings (SSSR count). The van der Waals surface area contributed by atoms with Crippen molar-refractivity contribution in [3.63, 3.8) is 0 Å². The van der Waals surface area contributed by atoms with Gasteiger partial charge in [-0.15, -0.1) is 0 Å². The molecule has 0 amide bonds. The zero-order valence-corrected chi connectivity index (χ0v) is 11.5. The number of nitrogens with one attached hydrogen (secondary N) is 1. The molecular weight excluding hydrogens is 323 g/mol. The summed E-state index contributed by atoms with van der Waals surface area (Å²) in [5.41, 5.74) is -0.318. The number of anilines is 1. The first kappa shape index (κ1) is 14.0. The van der Waals surface area contributed by atoms with Crippen LogP contribution in [-0.2, 0) is 6.18 Å². The molecule has 0 fully saturated rings. The van der Waals surface area contributed by atoms with Gasteiger partial charge >= 0.3 is 6.18 Å². The SMILES string of the molecule is CC(Nc1cc(Br)cc(C(F)(F)F)c1)c1ccco1. The van der Waals surface area contributed by atoms with Gasteiger partial charge in [0.25, 0.3) is 0 Å². The van der Waals surface area contributed by atoms with E-state index in [2.05, 4.69) is 21.2 Å². The highest BCUT2D eigenvalue weighted by atomic mass is 79.9. The lowest BCUT2D eigenvalue weighted by Crippen LogP contribution is -2.09. The molecule has 0 aliphatic heterocycles. The number of rotatable bonds is 3. The van der Waals surface area contributed by atoms with E-state index in [4.69, 9.17) is 4.42 Å². The lowest BCUT2D eigenvalue weighted by molar-refractivity contribution is -0.137. The van der Waals surface area contributed by atoms with E-state index in [9.17, 15) is 13.2 Å². The zero-order chi connectivity index (χ0) is 14.0. The standard InChI is InChI=1S/C13H11BrF3NO/c1-8(12-3-2-4-19-12)18-11-6-9(13(15,16)17)5-10(14)7-11/h2-8,18H,1H3. The van der Waals surface area contributed by atoms with Gasteiger partial charge in [-0.1, -0.05) is 15.9 Å².